The molecule has 11 heavy (non-hydrogen) atoms. The monoisotopic (exact) mass is 153 g/mol. The van der Waals surface area contributed by atoms with E-state index >= 15 is 0 Å². The fourth-order valence-corrected chi connectivity index (χ4v) is 0.901. The molecule has 1 rings (SSSR count). The Morgan fingerprint density at radius 2 is 2.36 bits per heavy atom. The maximum Gasteiger partial charge on any atom is 0.0528 e. The summed E-state index contributed by atoms with van der Waals surface area (Å²) in [5.74, 6) is 0. The lowest BCUT2D eigenvalue weighted by molar-refractivity contribution is 0.328. The molecule has 1 aliphatic heterocycles. The molecule has 1 heterocycles. The summed E-state index contributed by atoms with van der Waals surface area (Å²) in [5.41, 5.74) is 0. The van der Waals surface area contributed by atoms with Gasteiger partial charge in [-0.25, -0.2) is 0 Å². The molecule has 3 nitrogen and oxygen atoms in total. The first-order chi connectivity index (χ1) is 5.29. The van der Waals surface area contributed by atoms with Crippen LogP contribution in [0.1, 0.15) is 0 Å². The van der Waals surface area contributed by atoms with Crippen molar-refractivity contribution in [3.8, 4) is 0 Å². The van der Waals surface area contributed by atoms with Gasteiger partial charge in [0.15, 0.2) is 0 Å². The standard InChI is InChI=1S/C8H15N3/c1-10(2)7-8-11-5-3-9-4-6-11/h3-5H,6-8H2,1-2H3. The number of nitrogens with zero attached hydrogens (tertiary/aromatic N) is 3. The van der Waals surface area contributed by atoms with Crippen LogP contribution in [0.15, 0.2) is 17.4 Å². The van der Waals surface area contributed by atoms with Gasteiger partial charge in [-0.15, -0.1) is 0 Å². The average Bonchev–Trinajstić information content (AvgIpc) is 2.03. The van der Waals surface area contributed by atoms with Crippen molar-refractivity contribution in [2.75, 3.05) is 33.7 Å². The second kappa shape index (κ2) is 4.13. The molecule has 0 saturated heterocycles. The minimum atomic E-state index is 0.949. The SMILES string of the molecule is CN(C)CCN1C=CN=CC1. The summed E-state index contributed by atoms with van der Waals surface area (Å²) in [6.07, 6.45) is 5.79. The number of likely N-dealkylation sites (N-methyl/N-ethyl adjacent to an activating group) is 1. The zero-order valence-electron chi connectivity index (χ0n) is 7.20. The van der Waals surface area contributed by atoms with Gasteiger partial charge in [-0.05, 0) is 14.1 Å². The topological polar surface area (TPSA) is 18.8 Å². The average molecular weight is 153 g/mol. The molecular formula is C8H15N3. The van der Waals surface area contributed by atoms with E-state index in [4.69, 9.17) is 0 Å². The number of aliphatic imine (C=N–C) groups is 1. The number of hydrogen-bond donors (Lipinski definition) is 0. The first-order valence-electron chi connectivity index (χ1n) is 3.86. The highest BCUT2D eigenvalue weighted by molar-refractivity contribution is 5.61. The molecule has 0 bridgehead atoms. The van der Waals surface area contributed by atoms with Crippen molar-refractivity contribution in [2.45, 2.75) is 0 Å². The molecule has 0 amide bonds. The molecule has 3 heteroatoms. The van der Waals surface area contributed by atoms with E-state index in [-0.39, 0.29) is 0 Å². The molecule has 0 aromatic carbocycles. The molecule has 0 spiro atoms. The molecule has 0 fully saturated rings. The summed E-state index contributed by atoms with van der Waals surface area (Å²) >= 11 is 0. The number of hydrogen-bond acceptors (Lipinski definition) is 3. The van der Waals surface area contributed by atoms with Crippen LogP contribution in [-0.2, 0) is 0 Å². The summed E-state index contributed by atoms with van der Waals surface area (Å²) in [7, 11) is 4.17. The Morgan fingerprint density at radius 3 is 2.91 bits per heavy atom. The molecular weight excluding hydrogens is 138 g/mol. The van der Waals surface area contributed by atoms with Gasteiger partial charge in [-0.1, -0.05) is 0 Å². The maximum absolute atomic E-state index is 3.99. The van der Waals surface area contributed by atoms with E-state index in [9.17, 15) is 0 Å². The van der Waals surface area contributed by atoms with E-state index < -0.39 is 0 Å². The summed E-state index contributed by atoms with van der Waals surface area (Å²) in [6, 6.07) is 0. The van der Waals surface area contributed by atoms with Crippen LogP contribution >= 0.6 is 0 Å². The zero-order valence-corrected chi connectivity index (χ0v) is 7.20. The van der Waals surface area contributed by atoms with E-state index in [2.05, 4.69) is 28.9 Å². The molecule has 0 aromatic heterocycles. The normalized spacial score (nSPS) is 16.5. The van der Waals surface area contributed by atoms with Crippen molar-refractivity contribution in [1.82, 2.24) is 9.80 Å². The van der Waals surface area contributed by atoms with Crippen molar-refractivity contribution in [2.24, 2.45) is 4.99 Å². The van der Waals surface area contributed by atoms with Crippen LogP contribution in [0.2, 0.25) is 0 Å². The van der Waals surface area contributed by atoms with Gasteiger partial charge in [0, 0.05) is 31.7 Å². The summed E-state index contributed by atoms with van der Waals surface area (Å²) in [4.78, 5) is 8.42. The van der Waals surface area contributed by atoms with Crippen LogP contribution in [0.4, 0.5) is 0 Å². The highest BCUT2D eigenvalue weighted by Crippen LogP contribution is 1.93. The number of rotatable bonds is 3. The van der Waals surface area contributed by atoms with Gasteiger partial charge in [-0.2, -0.15) is 0 Å². The smallest absolute Gasteiger partial charge is 0.0528 e. The summed E-state index contributed by atoms with van der Waals surface area (Å²) < 4.78 is 0. The van der Waals surface area contributed by atoms with Gasteiger partial charge >= 0.3 is 0 Å². The van der Waals surface area contributed by atoms with Crippen molar-refractivity contribution < 1.29 is 0 Å². The fourth-order valence-electron chi connectivity index (χ4n) is 0.901. The molecule has 62 valence electrons. The minimum Gasteiger partial charge on any atom is -0.370 e. The summed E-state index contributed by atoms with van der Waals surface area (Å²) in [6.45, 7) is 3.12. The lowest BCUT2D eigenvalue weighted by Gasteiger charge is -2.21. The summed E-state index contributed by atoms with van der Waals surface area (Å²) in [5, 5.41) is 0. The van der Waals surface area contributed by atoms with Gasteiger partial charge in [-0.3, -0.25) is 4.99 Å². The lowest BCUT2D eigenvalue weighted by Crippen LogP contribution is -2.30. The molecule has 0 unspecified atom stereocenters. The Hall–Kier alpha value is -0.830. The predicted molar refractivity (Wildman–Crippen MR) is 47.8 cm³/mol. The predicted octanol–water partition coefficient (Wildman–Crippen LogP) is 0.406. The third-order valence-electron chi connectivity index (χ3n) is 1.62. The Labute approximate surface area is 68.0 Å². The van der Waals surface area contributed by atoms with Gasteiger partial charge in [0.1, 0.15) is 0 Å². The van der Waals surface area contributed by atoms with Crippen molar-refractivity contribution in [1.29, 1.82) is 0 Å². The van der Waals surface area contributed by atoms with E-state index in [0.717, 1.165) is 19.6 Å². The fraction of sp³-hybridized carbons (Fsp3) is 0.625. The van der Waals surface area contributed by atoms with Crippen LogP contribution in [0.3, 0.4) is 0 Å². The molecule has 0 aromatic rings. The van der Waals surface area contributed by atoms with Crippen LogP contribution in [0.25, 0.3) is 0 Å². The van der Waals surface area contributed by atoms with E-state index in [1.807, 2.05) is 18.6 Å². The van der Waals surface area contributed by atoms with Crippen LogP contribution in [0, 0.1) is 0 Å². The zero-order chi connectivity index (χ0) is 8.10. The van der Waals surface area contributed by atoms with Crippen molar-refractivity contribution in [3.63, 3.8) is 0 Å². The van der Waals surface area contributed by atoms with Crippen LogP contribution < -0.4 is 0 Å². The van der Waals surface area contributed by atoms with Crippen LogP contribution in [0.5, 0.6) is 0 Å². The van der Waals surface area contributed by atoms with Gasteiger partial charge < -0.3 is 9.80 Å². The third kappa shape index (κ3) is 3.18. The second-order valence-electron chi connectivity index (χ2n) is 2.93. The quantitative estimate of drug-likeness (QED) is 0.584. The van der Waals surface area contributed by atoms with Gasteiger partial charge in [0.25, 0.3) is 0 Å². The minimum absolute atomic E-state index is 0.949. The Balaban J connectivity index is 2.17. The molecule has 1 aliphatic rings. The van der Waals surface area contributed by atoms with E-state index in [0.29, 0.717) is 0 Å². The van der Waals surface area contributed by atoms with Crippen molar-refractivity contribution >= 4 is 6.21 Å². The second-order valence-corrected chi connectivity index (χ2v) is 2.93. The highest BCUT2D eigenvalue weighted by atomic mass is 15.2. The lowest BCUT2D eigenvalue weighted by atomic mass is 10.4. The Bertz CT molecular complexity index is 161. The molecule has 0 atom stereocenters. The van der Waals surface area contributed by atoms with Gasteiger partial charge in [0.05, 0.1) is 6.54 Å². The Kier molecular flexibility index (Phi) is 3.11. The highest BCUT2D eigenvalue weighted by Gasteiger charge is 1.99. The molecule has 0 saturated carbocycles. The van der Waals surface area contributed by atoms with E-state index in [1.165, 1.54) is 0 Å². The molecule has 0 aliphatic carbocycles. The maximum atomic E-state index is 3.99. The van der Waals surface area contributed by atoms with E-state index in [1.54, 1.807) is 0 Å². The Morgan fingerprint density at radius 1 is 1.55 bits per heavy atom. The van der Waals surface area contributed by atoms with Crippen molar-refractivity contribution in [3.05, 3.63) is 12.4 Å². The molecule has 0 N–H and O–H groups in total. The van der Waals surface area contributed by atoms with Crippen LogP contribution in [-0.4, -0.2) is 49.7 Å². The first-order valence-corrected chi connectivity index (χ1v) is 3.86. The first kappa shape index (κ1) is 8.27. The van der Waals surface area contributed by atoms with Gasteiger partial charge in [0.2, 0.25) is 0 Å². The largest absolute Gasteiger partial charge is 0.370 e. The molecule has 0 radical (unpaired) electrons. The third-order valence-corrected chi connectivity index (χ3v) is 1.62.